The van der Waals surface area contributed by atoms with Crippen LogP contribution in [0.2, 0.25) is 0 Å². The summed E-state index contributed by atoms with van der Waals surface area (Å²) in [7, 11) is 1.99. The van der Waals surface area contributed by atoms with Crippen LogP contribution in [0.3, 0.4) is 0 Å². The van der Waals surface area contributed by atoms with Gasteiger partial charge in [-0.15, -0.1) is 0 Å². The predicted octanol–water partition coefficient (Wildman–Crippen LogP) is 2.84. The Kier molecular flexibility index (Phi) is 5.23. The summed E-state index contributed by atoms with van der Waals surface area (Å²) in [5.41, 5.74) is 4.39. The summed E-state index contributed by atoms with van der Waals surface area (Å²) in [5, 5.41) is 7.80. The molecule has 1 N–H and O–H groups in total. The Balaban J connectivity index is 1.64. The van der Waals surface area contributed by atoms with Crippen molar-refractivity contribution in [2.75, 3.05) is 13.6 Å². The minimum absolute atomic E-state index is 0.104. The summed E-state index contributed by atoms with van der Waals surface area (Å²) in [5.74, 6) is 0.788. The first-order valence-corrected chi connectivity index (χ1v) is 9.04. The van der Waals surface area contributed by atoms with Crippen molar-refractivity contribution in [3.8, 4) is 5.69 Å². The Morgan fingerprint density at radius 3 is 2.64 bits per heavy atom. The van der Waals surface area contributed by atoms with Gasteiger partial charge in [0, 0.05) is 23.8 Å². The molecule has 1 amide bonds. The maximum atomic E-state index is 12.2. The number of aryl methyl sites for hydroxylation is 1. The van der Waals surface area contributed by atoms with E-state index in [1.54, 1.807) is 0 Å². The summed E-state index contributed by atoms with van der Waals surface area (Å²) >= 11 is 0. The second-order valence-corrected chi connectivity index (χ2v) is 7.26. The van der Waals surface area contributed by atoms with Crippen LogP contribution >= 0.6 is 0 Å². The monoisotopic (exact) mass is 340 g/mol. The lowest BCUT2D eigenvalue weighted by molar-refractivity contribution is -0.122. The Labute approximate surface area is 150 Å². The molecule has 5 nitrogen and oxygen atoms in total. The van der Waals surface area contributed by atoms with Crippen LogP contribution in [0.4, 0.5) is 0 Å². The fraction of sp³-hybridized carbons (Fsp3) is 0.500. The van der Waals surface area contributed by atoms with E-state index in [-0.39, 0.29) is 5.91 Å². The highest BCUT2D eigenvalue weighted by Crippen LogP contribution is 2.32. The van der Waals surface area contributed by atoms with E-state index in [4.69, 9.17) is 0 Å². The molecule has 1 unspecified atom stereocenters. The lowest BCUT2D eigenvalue weighted by Crippen LogP contribution is -2.40. The molecule has 1 saturated carbocycles. The molecule has 1 fully saturated rings. The number of rotatable bonds is 7. The lowest BCUT2D eigenvalue weighted by atomic mass is 10.2. The van der Waals surface area contributed by atoms with Gasteiger partial charge in [-0.1, -0.05) is 18.2 Å². The largest absolute Gasteiger partial charge is 0.352 e. The third-order valence-corrected chi connectivity index (χ3v) is 5.00. The fourth-order valence-corrected chi connectivity index (χ4v) is 3.31. The van der Waals surface area contributed by atoms with Gasteiger partial charge in [0.05, 0.1) is 17.9 Å². The molecule has 0 radical (unpaired) electrons. The van der Waals surface area contributed by atoms with Crippen LogP contribution < -0.4 is 5.32 Å². The first-order valence-electron chi connectivity index (χ1n) is 9.04. The number of likely N-dealkylation sites (N-methyl/N-ethyl adjacent to an activating group) is 1. The third kappa shape index (κ3) is 4.28. The Bertz CT molecular complexity index is 734. The zero-order chi connectivity index (χ0) is 18.0. The highest BCUT2D eigenvalue weighted by Gasteiger charge is 2.29. The average Bonchev–Trinajstić information content (AvgIpc) is 3.38. The molecule has 2 aromatic rings. The molecule has 1 aliphatic rings. The van der Waals surface area contributed by atoms with Gasteiger partial charge in [-0.3, -0.25) is 9.69 Å². The number of aromatic nitrogens is 2. The second kappa shape index (κ2) is 7.40. The first kappa shape index (κ1) is 17.7. The van der Waals surface area contributed by atoms with Crippen molar-refractivity contribution in [2.24, 2.45) is 5.92 Å². The van der Waals surface area contributed by atoms with Crippen molar-refractivity contribution >= 4 is 5.91 Å². The third-order valence-electron chi connectivity index (χ3n) is 5.00. The molecule has 5 heteroatoms. The summed E-state index contributed by atoms with van der Waals surface area (Å²) in [6.45, 7) is 7.35. The first-order chi connectivity index (χ1) is 12.0. The number of carbonyl (C=O) groups is 1. The normalized spacial score (nSPS) is 15.4. The molecule has 0 spiro atoms. The molecular weight excluding hydrogens is 312 g/mol. The molecule has 0 bridgehead atoms. The standard InChI is InChI=1S/C20H28N4O/c1-14(17-10-11-17)21-20(25)13-23(4)12-19-15(2)22-24(16(19)3)18-8-6-5-7-9-18/h5-9,14,17H,10-13H2,1-4H3,(H,21,25). The van der Waals surface area contributed by atoms with Crippen LogP contribution in [-0.2, 0) is 11.3 Å². The molecule has 1 aromatic heterocycles. The van der Waals surface area contributed by atoms with E-state index in [0.29, 0.717) is 18.5 Å². The van der Waals surface area contributed by atoms with E-state index < -0.39 is 0 Å². The van der Waals surface area contributed by atoms with E-state index in [1.807, 2.05) is 36.9 Å². The Hall–Kier alpha value is -2.14. The Morgan fingerprint density at radius 1 is 1.32 bits per heavy atom. The minimum Gasteiger partial charge on any atom is -0.352 e. The van der Waals surface area contributed by atoms with Crippen molar-refractivity contribution in [1.82, 2.24) is 20.0 Å². The summed E-state index contributed by atoms with van der Waals surface area (Å²) in [6.07, 6.45) is 2.49. The SMILES string of the molecule is Cc1nn(-c2ccccc2)c(C)c1CN(C)CC(=O)NC(C)C1CC1. The van der Waals surface area contributed by atoms with Crippen molar-refractivity contribution in [2.45, 2.75) is 46.2 Å². The zero-order valence-corrected chi connectivity index (χ0v) is 15.6. The fourth-order valence-electron chi connectivity index (χ4n) is 3.31. The molecule has 25 heavy (non-hydrogen) atoms. The van der Waals surface area contributed by atoms with Crippen molar-refractivity contribution in [1.29, 1.82) is 0 Å². The summed E-state index contributed by atoms with van der Waals surface area (Å²) in [6, 6.07) is 10.4. The number of carbonyl (C=O) groups excluding carboxylic acids is 1. The average molecular weight is 340 g/mol. The van der Waals surface area contributed by atoms with Gasteiger partial charge in [0.2, 0.25) is 5.91 Å². The van der Waals surface area contributed by atoms with E-state index in [2.05, 4.69) is 41.3 Å². The van der Waals surface area contributed by atoms with Crippen LogP contribution in [0.1, 0.15) is 36.7 Å². The highest BCUT2D eigenvalue weighted by molar-refractivity contribution is 5.78. The van der Waals surface area contributed by atoms with Crippen LogP contribution in [0.5, 0.6) is 0 Å². The molecule has 3 rings (SSSR count). The summed E-state index contributed by atoms with van der Waals surface area (Å²) in [4.78, 5) is 14.3. The Morgan fingerprint density at radius 2 is 2.00 bits per heavy atom. The maximum Gasteiger partial charge on any atom is 0.234 e. The van der Waals surface area contributed by atoms with Crippen LogP contribution in [0, 0.1) is 19.8 Å². The number of benzene rings is 1. The number of nitrogens with zero attached hydrogens (tertiary/aromatic N) is 3. The van der Waals surface area contributed by atoms with E-state index >= 15 is 0 Å². The predicted molar refractivity (Wildman–Crippen MR) is 99.7 cm³/mol. The number of hydrogen-bond acceptors (Lipinski definition) is 3. The van der Waals surface area contributed by atoms with Gasteiger partial charge >= 0.3 is 0 Å². The molecule has 1 atom stereocenters. The number of para-hydroxylation sites is 1. The van der Waals surface area contributed by atoms with Crippen molar-refractivity contribution < 1.29 is 4.79 Å². The molecule has 134 valence electrons. The van der Waals surface area contributed by atoms with E-state index in [0.717, 1.165) is 23.6 Å². The van der Waals surface area contributed by atoms with Crippen LogP contribution in [0.15, 0.2) is 30.3 Å². The molecule has 0 aliphatic heterocycles. The van der Waals surface area contributed by atoms with Crippen molar-refractivity contribution in [3.05, 3.63) is 47.3 Å². The quantitative estimate of drug-likeness (QED) is 0.843. The molecule has 0 saturated heterocycles. The topological polar surface area (TPSA) is 50.2 Å². The number of nitrogens with one attached hydrogen (secondary N) is 1. The second-order valence-electron chi connectivity index (χ2n) is 7.26. The maximum absolute atomic E-state index is 12.2. The summed E-state index contributed by atoms with van der Waals surface area (Å²) < 4.78 is 1.98. The van der Waals surface area contributed by atoms with Gasteiger partial charge in [0.1, 0.15) is 0 Å². The molecule has 1 aromatic carbocycles. The van der Waals surface area contributed by atoms with Gasteiger partial charge in [-0.2, -0.15) is 5.10 Å². The van der Waals surface area contributed by atoms with Crippen LogP contribution in [0.25, 0.3) is 5.69 Å². The number of hydrogen-bond donors (Lipinski definition) is 1. The van der Waals surface area contributed by atoms with Gasteiger partial charge < -0.3 is 5.32 Å². The van der Waals surface area contributed by atoms with Crippen molar-refractivity contribution in [3.63, 3.8) is 0 Å². The highest BCUT2D eigenvalue weighted by atomic mass is 16.2. The molecule has 1 aliphatic carbocycles. The molecular formula is C20H28N4O. The number of amides is 1. The minimum atomic E-state index is 0.104. The van der Waals surface area contributed by atoms with E-state index in [1.165, 1.54) is 18.4 Å². The van der Waals surface area contributed by atoms with Crippen LogP contribution in [-0.4, -0.2) is 40.2 Å². The van der Waals surface area contributed by atoms with Gasteiger partial charge in [0.25, 0.3) is 0 Å². The molecule has 1 heterocycles. The van der Waals surface area contributed by atoms with Gasteiger partial charge in [-0.05, 0) is 58.7 Å². The smallest absolute Gasteiger partial charge is 0.234 e. The zero-order valence-electron chi connectivity index (χ0n) is 15.6. The van der Waals surface area contributed by atoms with Gasteiger partial charge in [0.15, 0.2) is 0 Å². The van der Waals surface area contributed by atoms with E-state index in [9.17, 15) is 4.79 Å². The lowest BCUT2D eigenvalue weighted by Gasteiger charge is -2.19. The van der Waals surface area contributed by atoms with Gasteiger partial charge in [-0.25, -0.2) is 4.68 Å².